The van der Waals surface area contributed by atoms with Crippen LogP contribution in [-0.2, 0) is 13.1 Å². The Kier molecular flexibility index (Phi) is 5.78. The molecular weight excluding hydrogens is 368 g/mol. The van der Waals surface area contributed by atoms with E-state index in [0.29, 0.717) is 12.6 Å². The third kappa shape index (κ3) is 4.13. The van der Waals surface area contributed by atoms with Gasteiger partial charge in [-0.05, 0) is 38.4 Å². The lowest BCUT2D eigenvalue weighted by molar-refractivity contribution is 0.185. The number of aromatic nitrogens is 2. The zero-order valence-electron chi connectivity index (χ0n) is 16.6. The number of fused-ring (bicyclic) bond motifs is 1. The molecule has 5 nitrogen and oxygen atoms in total. The van der Waals surface area contributed by atoms with Gasteiger partial charge in [-0.2, -0.15) is 0 Å². The predicted octanol–water partition coefficient (Wildman–Crippen LogP) is 4.44. The van der Waals surface area contributed by atoms with Crippen LogP contribution in [0, 0.1) is 6.92 Å². The molecule has 3 aromatic rings. The number of benzene rings is 1. The van der Waals surface area contributed by atoms with Crippen LogP contribution in [0.1, 0.15) is 49.1 Å². The largest absolute Gasteiger partial charge is 0.379 e. The second-order valence-corrected chi connectivity index (χ2v) is 8.63. The Balaban J connectivity index is 1.47. The first-order chi connectivity index (χ1) is 13.6. The van der Waals surface area contributed by atoms with Crippen molar-refractivity contribution in [1.29, 1.82) is 0 Å². The second kappa shape index (κ2) is 8.45. The quantitative estimate of drug-likeness (QED) is 0.669. The van der Waals surface area contributed by atoms with Gasteiger partial charge in [-0.3, -0.25) is 14.1 Å². The Morgan fingerprint density at radius 3 is 2.86 bits per heavy atom. The Bertz CT molecular complexity index is 1000. The number of hydrogen-bond acceptors (Lipinski definition) is 5. The minimum absolute atomic E-state index is 0.00846. The SMILES string of the molecule is Cc1csc2nc(CNc3ccccc3CN(C)C3CCCCC3)cc(=O)n12. The van der Waals surface area contributed by atoms with E-state index >= 15 is 0 Å². The smallest absolute Gasteiger partial charge is 0.259 e. The molecule has 0 amide bonds. The molecule has 0 aliphatic heterocycles. The van der Waals surface area contributed by atoms with Crippen LogP contribution in [0.5, 0.6) is 0 Å². The highest BCUT2D eigenvalue weighted by atomic mass is 32.1. The highest BCUT2D eigenvalue weighted by Gasteiger charge is 2.18. The molecule has 0 radical (unpaired) electrons. The average molecular weight is 397 g/mol. The molecule has 28 heavy (non-hydrogen) atoms. The summed E-state index contributed by atoms with van der Waals surface area (Å²) in [5.74, 6) is 0. The minimum atomic E-state index is -0.00846. The third-order valence-electron chi connectivity index (χ3n) is 5.72. The number of nitrogens with zero attached hydrogens (tertiary/aromatic N) is 3. The summed E-state index contributed by atoms with van der Waals surface area (Å²) in [5, 5.41) is 5.47. The van der Waals surface area contributed by atoms with E-state index < -0.39 is 0 Å². The molecule has 1 aliphatic rings. The average Bonchev–Trinajstić information content (AvgIpc) is 3.09. The van der Waals surface area contributed by atoms with Crippen LogP contribution in [0.3, 0.4) is 0 Å². The van der Waals surface area contributed by atoms with Crippen molar-refractivity contribution >= 4 is 22.0 Å². The Morgan fingerprint density at radius 2 is 2.04 bits per heavy atom. The van der Waals surface area contributed by atoms with Crippen LogP contribution in [0.25, 0.3) is 4.96 Å². The highest BCUT2D eigenvalue weighted by Crippen LogP contribution is 2.25. The van der Waals surface area contributed by atoms with Crippen LogP contribution in [-0.4, -0.2) is 27.4 Å². The van der Waals surface area contributed by atoms with E-state index in [4.69, 9.17) is 0 Å². The lowest BCUT2D eigenvalue weighted by Crippen LogP contribution is -2.33. The minimum Gasteiger partial charge on any atom is -0.379 e. The molecule has 1 N–H and O–H groups in total. The standard InChI is InChI=1S/C22H28N4OS/c1-16-15-28-22-24-18(12-21(27)26(16)22)13-23-20-11-7-6-8-17(20)14-25(2)19-9-4-3-5-10-19/h6-8,11-12,15,19,23H,3-5,9-10,13-14H2,1-2H3. The molecule has 0 unspecified atom stereocenters. The molecule has 1 fully saturated rings. The van der Waals surface area contributed by atoms with Crippen molar-refractivity contribution in [3.8, 4) is 0 Å². The van der Waals surface area contributed by atoms with Crippen molar-refractivity contribution in [2.24, 2.45) is 0 Å². The fourth-order valence-electron chi connectivity index (χ4n) is 4.13. The van der Waals surface area contributed by atoms with Crippen molar-refractivity contribution in [1.82, 2.24) is 14.3 Å². The molecule has 148 valence electrons. The van der Waals surface area contributed by atoms with E-state index in [1.807, 2.05) is 12.3 Å². The number of rotatable bonds is 6. The van der Waals surface area contributed by atoms with Gasteiger partial charge < -0.3 is 5.32 Å². The summed E-state index contributed by atoms with van der Waals surface area (Å²) in [6, 6.07) is 10.8. The van der Waals surface area contributed by atoms with Crippen molar-refractivity contribution in [3.63, 3.8) is 0 Å². The lowest BCUT2D eigenvalue weighted by Gasteiger charge is -2.31. The van der Waals surface area contributed by atoms with Gasteiger partial charge in [0.15, 0.2) is 4.96 Å². The molecule has 6 heteroatoms. The monoisotopic (exact) mass is 396 g/mol. The van der Waals surface area contributed by atoms with Crippen LogP contribution in [0.2, 0.25) is 0 Å². The summed E-state index contributed by atoms with van der Waals surface area (Å²) in [7, 11) is 2.24. The first-order valence-electron chi connectivity index (χ1n) is 10.1. The predicted molar refractivity (Wildman–Crippen MR) is 116 cm³/mol. The number of thiazole rings is 1. The Morgan fingerprint density at radius 1 is 1.25 bits per heavy atom. The molecule has 4 rings (SSSR count). The van der Waals surface area contributed by atoms with Crippen molar-refractivity contribution in [2.45, 2.75) is 58.2 Å². The van der Waals surface area contributed by atoms with Gasteiger partial charge in [0.05, 0.1) is 12.2 Å². The number of hydrogen-bond donors (Lipinski definition) is 1. The first-order valence-corrected chi connectivity index (χ1v) is 11.0. The summed E-state index contributed by atoms with van der Waals surface area (Å²) < 4.78 is 1.67. The van der Waals surface area contributed by atoms with Crippen molar-refractivity contribution in [3.05, 3.63) is 63.0 Å². The van der Waals surface area contributed by atoms with Gasteiger partial charge in [0, 0.05) is 35.4 Å². The zero-order chi connectivity index (χ0) is 19.5. The van der Waals surface area contributed by atoms with E-state index in [9.17, 15) is 4.79 Å². The van der Waals surface area contributed by atoms with Gasteiger partial charge in [-0.25, -0.2) is 4.98 Å². The normalized spacial score (nSPS) is 15.4. The maximum Gasteiger partial charge on any atom is 0.259 e. The molecular formula is C22H28N4OS. The summed E-state index contributed by atoms with van der Waals surface area (Å²) in [6.07, 6.45) is 6.69. The summed E-state index contributed by atoms with van der Waals surface area (Å²) in [6.45, 7) is 3.42. The Labute approximate surface area is 170 Å². The fourth-order valence-corrected chi connectivity index (χ4v) is 5.02. The summed E-state index contributed by atoms with van der Waals surface area (Å²) in [4.78, 5) is 20.3. The number of anilines is 1. The maximum atomic E-state index is 12.4. The zero-order valence-corrected chi connectivity index (χ0v) is 17.5. The number of nitrogens with one attached hydrogen (secondary N) is 1. The topological polar surface area (TPSA) is 49.6 Å². The van der Waals surface area contributed by atoms with Crippen LogP contribution >= 0.6 is 11.3 Å². The van der Waals surface area contributed by atoms with Gasteiger partial charge >= 0.3 is 0 Å². The second-order valence-electron chi connectivity index (χ2n) is 7.80. The molecule has 2 aromatic heterocycles. The van der Waals surface area contributed by atoms with Crippen LogP contribution < -0.4 is 10.9 Å². The van der Waals surface area contributed by atoms with E-state index in [1.165, 1.54) is 49.0 Å². The molecule has 1 aliphatic carbocycles. The van der Waals surface area contributed by atoms with Gasteiger partial charge in [0.1, 0.15) is 0 Å². The molecule has 0 saturated heterocycles. The van der Waals surface area contributed by atoms with E-state index in [1.54, 1.807) is 10.5 Å². The van der Waals surface area contributed by atoms with Gasteiger partial charge in [0.25, 0.3) is 5.56 Å². The molecule has 1 aromatic carbocycles. The summed E-state index contributed by atoms with van der Waals surface area (Å²) in [5.41, 5.74) is 4.12. The third-order valence-corrected chi connectivity index (χ3v) is 6.67. The number of para-hydroxylation sites is 1. The molecule has 1 saturated carbocycles. The van der Waals surface area contributed by atoms with Crippen LogP contribution in [0.15, 0.2) is 40.5 Å². The number of aryl methyl sites for hydroxylation is 1. The van der Waals surface area contributed by atoms with Gasteiger partial charge in [-0.15, -0.1) is 11.3 Å². The summed E-state index contributed by atoms with van der Waals surface area (Å²) >= 11 is 1.51. The lowest BCUT2D eigenvalue weighted by atomic mass is 9.94. The van der Waals surface area contributed by atoms with Crippen LogP contribution in [0.4, 0.5) is 5.69 Å². The molecule has 0 bridgehead atoms. The maximum absolute atomic E-state index is 12.4. The molecule has 2 heterocycles. The fraction of sp³-hybridized carbons (Fsp3) is 0.455. The molecule has 0 atom stereocenters. The Hall–Kier alpha value is -2.18. The van der Waals surface area contributed by atoms with E-state index in [2.05, 4.69) is 46.5 Å². The first kappa shape index (κ1) is 19.2. The van der Waals surface area contributed by atoms with Gasteiger partial charge in [0.2, 0.25) is 0 Å². The highest BCUT2D eigenvalue weighted by molar-refractivity contribution is 7.15. The van der Waals surface area contributed by atoms with E-state index in [0.717, 1.165) is 28.6 Å². The van der Waals surface area contributed by atoms with Crippen molar-refractivity contribution in [2.75, 3.05) is 12.4 Å². The van der Waals surface area contributed by atoms with Gasteiger partial charge in [-0.1, -0.05) is 37.5 Å². The van der Waals surface area contributed by atoms with E-state index in [-0.39, 0.29) is 5.56 Å². The van der Waals surface area contributed by atoms with Crippen molar-refractivity contribution < 1.29 is 0 Å². The molecule has 0 spiro atoms.